The molecule has 1 heterocycles. The number of carbonyl (C=O) groups is 2. The average molecular weight is 385 g/mol. The molecule has 0 aromatic carbocycles. The van der Waals surface area contributed by atoms with Crippen LogP contribution in [-0.2, 0) is 19.1 Å². The SMILES string of the molecule is CCOC(=O)C=[N+]=[N-].CCOC(=O)[C@@H]1C[C@H]1c1cnc(Br)cn1. The van der Waals surface area contributed by atoms with Crippen molar-refractivity contribution >= 4 is 34.1 Å². The van der Waals surface area contributed by atoms with Crippen molar-refractivity contribution in [2.45, 2.75) is 26.2 Å². The van der Waals surface area contributed by atoms with Crippen LogP contribution in [0.1, 0.15) is 31.9 Å². The zero-order valence-electron chi connectivity index (χ0n) is 12.8. The number of aromatic nitrogens is 2. The lowest BCUT2D eigenvalue weighted by Gasteiger charge is -2.00. The number of carbonyl (C=O) groups excluding carboxylic acids is 2. The Balaban J connectivity index is 0.000000284. The van der Waals surface area contributed by atoms with Gasteiger partial charge in [0.15, 0.2) is 0 Å². The normalized spacial score (nSPS) is 17.9. The van der Waals surface area contributed by atoms with Gasteiger partial charge in [-0.1, -0.05) is 0 Å². The minimum Gasteiger partial charge on any atom is -0.466 e. The second kappa shape index (κ2) is 9.81. The molecular weight excluding hydrogens is 368 g/mol. The van der Waals surface area contributed by atoms with Gasteiger partial charge in [0.1, 0.15) is 4.60 Å². The number of halogens is 1. The largest absolute Gasteiger partial charge is 0.466 e. The Morgan fingerprint density at radius 2 is 2.04 bits per heavy atom. The van der Waals surface area contributed by atoms with Crippen molar-refractivity contribution in [3.05, 3.63) is 28.2 Å². The summed E-state index contributed by atoms with van der Waals surface area (Å²) in [5.41, 5.74) is 8.60. The highest BCUT2D eigenvalue weighted by Crippen LogP contribution is 2.47. The first-order chi connectivity index (χ1) is 11.0. The summed E-state index contributed by atoms with van der Waals surface area (Å²) in [5, 5.41) is 0. The summed E-state index contributed by atoms with van der Waals surface area (Å²) in [6.07, 6.45) is 4.88. The minimum absolute atomic E-state index is 0.0135. The number of esters is 2. The summed E-state index contributed by atoms with van der Waals surface area (Å²) in [6.45, 7) is 4.22. The molecule has 1 aromatic rings. The first-order valence-electron chi connectivity index (χ1n) is 7.01. The second-order valence-corrected chi connectivity index (χ2v) is 5.27. The third kappa shape index (κ3) is 6.66. The van der Waals surface area contributed by atoms with Gasteiger partial charge in [-0.25, -0.2) is 9.78 Å². The van der Waals surface area contributed by atoms with Gasteiger partial charge in [-0.3, -0.25) is 9.78 Å². The van der Waals surface area contributed by atoms with E-state index in [0.717, 1.165) is 12.1 Å². The Bertz CT molecular complexity index is 587. The molecule has 1 aliphatic rings. The van der Waals surface area contributed by atoms with E-state index in [1.807, 2.05) is 6.92 Å². The molecule has 2 atom stereocenters. The van der Waals surface area contributed by atoms with Crippen LogP contribution in [0.3, 0.4) is 0 Å². The predicted molar refractivity (Wildman–Crippen MR) is 83.5 cm³/mol. The zero-order valence-corrected chi connectivity index (χ0v) is 14.4. The summed E-state index contributed by atoms with van der Waals surface area (Å²) in [6, 6.07) is 0. The minimum atomic E-state index is -0.630. The molecule has 0 amide bonds. The van der Waals surface area contributed by atoms with Gasteiger partial charge in [-0.05, 0) is 36.2 Å². The lowest BCUT2D eigenvalue weighted by Crippen LogP contribution is -2.07. The smallest absolute Gasteiger partial charge is 0.413 e. The van der Waals surface area contributed by atoms with E-state index in [-0.39, 0.29) is 17.8 Å². The van der Waals surface area contributed by atoms with Crippen molar-refractivity contribution < 1.29 is 23.9 Å². The molecule has 1 saturated carbocycles. The topological polar surface area (TPSA) is 115 Å². The molecule has 0 saturated heterocycles. The summed E-state index contributed by atoms with van der Waals surface area (Å²) in [7, 11) is 0. The zero-order chi connectivity index (χ0) is 17.2. The molecule has 1 aromatic heterocycles. The highest BCUT2D eigenvalue weighted by Gasteiger charge is 2.46. The van der Waals surface area contributed by atoms with Crippen LogP contribution < -0.4 is 0 Å². The molecule has 8 nitrogen and oxygen atoms in total. The Labute approximate surface area is 142 Å². The summed E-state index contributed by atoms with van der Waals surface area (Å²) < 4.78 is 9.99. The molecule has 0 N–H and O–H groups in total. The molecule has 1 fully saturated rings. The average Bonchev–Trinajstić information content (AvgIpc) is 3.30. The summed E-state index contributed by atoms with van der Waals surface area (Å²) >= 11 is 3.22. The second-order valence-electron chi connectivity index (χ2n) is 4.46. The van der Waals surface area contributed by atoms with Crippen LogP contribution in [0.4, 0.5) is 0 Å². The van der Waals surface area contributed by atoms with E-state index in [4.69, 9.17) is 10.3 Å². The maximum absolute atomic E-state index is 11.4. The van der Waals surface area contributed by atoms with E-state index < -0.39 is 5.97 Å². The molecule has 2 rings (SSSR count). The maximum Gasteiger partial charge on any atom is 0.413 e. The number of nitrogens with zero attached hydrogens (tertiary/aromatic N) is 4. The van der Waals surface area contributed by atoms with E-state index >= 15 is 0 Å². The van der Waals surface area contributed by atoms with Gasteiger partial charge in [0.2, 0.25) is 0 Å². The molecule has 1 aliphatic carbocycles. The summed E-state index contributed by atoms with van der Waals surface area (Å²) in [4.78, 5) is 32.2. The molecule has 0 spiro atoms. The predicted octanol–water partition coefficient (Wildman–Crippen LogP) is 1.76. The molecule has 9 heteroatoms. The van der Waals surface area contributed by atoms with Crippen LogP contribution in [0.2, 0.25) is 0 Å². The fourth-order valence-electron chi connectivity index (χ4n) is 1.77. The van der Waals surface area contributed by atoms with Crippen LogP contribution in [0, 0.1) is 5.92 Å². The van der Waals surface area contributed by atoms with Gasteiger partial charge >= 0.3 is 18.2 Å². The first kappa shape index (κ1) is 18.9. The van der Waals surface area contributed by atoms with Gasteiger partial charge in [0, 0.05) is 5.92 Å². The van der Waals surface area contributed by atoms with E-state index in [2.05, 4.69) is 35.4 Å². The molecule has 23 heavy (non-hydrogen) atoms. The fraction of sp³-hybridized carbons (Fsp3) is 0.500. The molecular formula is C14H17BrN4O4. The fourth-order valence-corrected chi connectivity index (χ4v) is 1.98. The van der Waals surface area contributed by atoms with Gasteiger partial charge < -0.3 is 15.0 Å². The Morgan fingerprint density at radius 1 is 1.35 bits per heavy atom. The Kier molecular flexibility index (Phi) is 8.07. The van der Waals surface area contributed by atoms with Crippen molar-refractivity contribution in [3.8, 4) is 0 Å². The molecule has 0 aliphatic heterocycles. The molecule has 0 unspecified atom stereocenters. The Morgan fingerprint density at radius 3 is 2.57 bits per heavy atom. The van der Waals surface area contributed by atoms with Gasteiger partial charge in [0.25, 0.3) is 0 Å². The van der Waals surface area contributed by atoms with Crippen molar-refractivity contribution in [1.29, 1.82) is 0 Å². The van der Waals surface area contributed by atoms with E-state index in [1.165, 1.54) is 0 Å². The van der Waals surface area contributed by atoms with Crippen LogP contribution in [-0.4, -0.2) is 46.1 Å². The third-order valence-corrected chi connectivity index (χ3v) is 3.26. The van der Waals surface area contributed by atoms with E-state index in [0.29, 0.717) is 24.0 Å². The number of hydrogen-bond acceptors (Lipinski definition) is 6. The summed E-state index contributed by atoms with van der Waals surface area (Å²) in [5.74, 6) is -0.563. The molecule has 0 radical (unpaired) electrons. The van der Waals surface area contributed by atoms with Gasteiger partial charge in [-0.15, -0.1) is 0 Å². The third-order valence-electron chi connectivity index (χ3n) is 2.85. The molecule has 124 valence electrons. The quantitative estimate of drug-likeness (QED) is 0.330. The van der Waals surface area contributed by atoms with Crippen molar-refractivity contribution in [1.82, 2.24) is 9.97 Å². The van der Waals surface area contributed by atoms with E-state index in [1.54, 1.807) is 19.3 Å². The highest BCUT2D eigenvalue weighted by molar-refractivity contribution is 9.10. The maximum atomic E-state index is 11.4. The van der Waals surface area contributed by atoms with Crippen molar-refractivity contribution in [2.75, 3.05) is 13.2 Å². The lowest BCUT2D eigenvalue weighted by atomic mass is 10.2. The first-order valence-corrected chi connectivity index (χ1v) is 7.81. The van der Waals surface area contributed by atoms with Gasteiger partial charge in [0.05, 0.1) is 37.2 Å². The van der Waals surface area contributed by atoms with Crippen LogP contribution >= 0.6 is 15.9 Å². The van der Waals surface area contributed by atoms with Crippen LogP contribution in [0.25, 0.3) is 5.53 Å². The highest BCUT2D eigenvalue weighted by atomic mass is 79.9. The Hall–Kier alpha value is -2.12. The van der Waals surface area contributed by atoms with Crippen molar-refractivity contribution in [2.24, 2.45) is 5.92 Å². The monoisotopic (exact) mass is 384 g/mol. The lowest BCUT2D eigenvalue weighted by molar-refractivity contribution is -0.144. The number of hydrogen-bond donors (Lipinski definition) is 0. The molecule has 0 bridgehead atoms. The van der Waals surface area contributed by atoms with Gasteiger partial charge in [-0.2, -0.15) is 4.79 Å². The standard InChI is InChI=1S/C10H11BrN2O2.C4H6N2O2/c1-2-15-10(14)7-3-6(7)8-4-13-9(11)5-12-8;1-2-8-4(7)3-6-5/h4-7H,2-3H2,1H3;3H,2H2,1H3/t6-,7-;/m1./s1. The van der Waals surface area contributed by atoms with Crippen LogP contribution in [0.5, 0.6) is 0 Å². The number of ether oxygens (including phenoxy) is 2. The van der Waals surface area contributed by atoms with E-state index in [9.17, 15) is 9.59 Å². The number of rotatable bonds is 5. The van der Waals surface area contributed by atoms with Crippen molar-refractivity contribution in [3.63, 3.8) is 0 Å². The van der Waals surface area contributed by atoms with Crippen LogP contribution in [0.15, 0.2) is 17.0 Å².